The first-order valence-electron chi connectivity index (χ1n) is 39.8. The summed E-state index contributed by atoms with van der Waals surface area (Å²) >= 11 is 0. The number of benzene rings is 18. The molecule has 0 fully saturated rings. The Balaban J connectivity index is 0.0000000996. The molecule has 0 amide bonds. The molecule has 0 aliphatic heterocycles. The topological polar surface area (TPSA) is 65.3 Å². The molecule has 115 heavy (non-hydrogen) atoms. The summed E-state index contributed by atoms with van der Waals surface area (Å²) in [6.07, 6.45) is 13.7. The minimum Gasteiger partial charge on any atom is -0.309 e. The predicted molar refractivity (Wildman–Crippen MR) is 480 cm³/mol. The van der Waals surface area contributed by atoms with E-state index in [0.717, 1.165) is 33.7 Å². The number of aromatic nitrogens is 7. The normalized spacial score (nSPS) is 13.4. The molecule has 0 bridgehead atoms. The molecule has 0 saturated heterocycles. The van der Waals surface area contributed by atoms with Gasteiger partial charge in [0.25, 0.3) is 0 Å². The highest BCUT2D eigenvalue weighted by Crippen LogP contribution is 2.57. The third kappa shape index (κ3) is 9.71. The van der Waals surface area contributed by atoms with Crippen LogP contribution in [-0.2, 0) is 10.8 Å². The lowest BCUT2D eigenvalue weighted by Gasteiger charge is -2.23. The third-order valence-corrected chi connectivity index (χ3v) is 25.6. The summed E-state index contributed by atoms with van der Waals surface area (Å²) < 4.78 is 6.43. The summed E-state index contributed by atoms with van der Waals surface area (Å²) in [6, 6.07) is 116. The van der Waals surface area contributed by atoms with Gasteiger partial charge in [-0.1, -0.05) is 270 Å². The summed E-state index contributed by atoms with van der Waals surface area (Å²) in [4.78, 5) is 18.2. The number of fused-ring (bicyclic) bond motifs is 14. The van der Waals surface area contributed by atoms with Crippen LogP contribution >= 0.6 is 0 Å². The molecule has 2 aliphatic rings. The van der Waals surface area contributed by atoms with E-state index in [1.807, 2.05) is 65.7 Å². The Morgan fingerprint density at radius 2 is 0.765 bits per heavy atom. The summed E-state index contributed by atoms with van der Waals surface area (Å²) in [6.45, 7) is 9.51. The molecule has 7 nitrogen and oxygen atoms in total. The smallest absolute Gasteiger partial charge is 0.234 e. The zero-order valence-electron chi connectivity index (χ0n) is 63.7. The van der Waals surface area contributed by atoms with Crippen molar-refractivity contribution in [2.24, 2.45) is 0 Å². The van der Waals surface area contributed by atoms with Gasteiger partial charge in [0.05, 0.1) is 22.4 Å². The number of pyridine rings is 2. The summed E-state index contributed by atoms with van der Waals surface area (Å²) in [5.41, 5.74) is 27.1. The van der Waals surface area contributed by atoms with Crippen LogP contribution in [-0.4, -0.2) is 33.3 Å². The minimum absolute atomic E-state index is 0.0817. The molecule has 26 rings (SSSR count). The zero-order chi connectivity index (χ0) is 76.1. The number of hydrogen-bond acceptors (Lipinski definition) is 4. The molecule has 0 atom stereocenters. The Kier molecular flexibility index (Phi) is 13.8. The molecule has 6 aromatic heterocycles. The van der Waals surface area contributed by atoms with Crippen LogP contribution in [0.25, 0.3) is 214 Å². The van der Waals surface area contributed by atoms with Gasteiger partial charge >= 0.3 is 0 Å². The number of imidazole rings is 2. The van der Waals surface area contributed by atoms with Gasteiger partial charge in [0.15, 0.2) is 0 Å². The fraction of sp³-hybridized carbons (Fsp3) is 0.0556. The molecule has 0 spiro atoms. The largest absolute Gasteiger partial charge is 0.309 e. The number of para-hydroxylation sites is 2. The zero-order valence-corrected chi connectivity index (χ0v) is 63.7. The van der Waals surface area contributed by atoms with Gasteiger partial charge in [-0.25, -0.2) is 15.0 Å². The van der Waals surface area contributed by atoms with Gasteiger partial charge in [-0.3, -0.25) is 9.38 Å². The third-order valence-electron chi connectivity index (χ3n) is 25.6. The summed E-state index contributed by atoms with van der Waals surface area (Å²) in [5.74, 6) is 0.716. The molecule has 7 heteroatoms. The van der Waals surface area contributed by atoms with Gasteiger partial charge in [-0.2, -0.15) is 0 Å². The number of hydrogen-bond donors (Lipinski definition) is 0. The van der Waals surface area contributed by atoms with Crippen LogP contribution in [0.5, 0.6) is 0 Å². The Bertz CT molecular complexity index is 7700. The molecular formula is C108H71N7. The van der Waals surface area contributed by atoms with E-state index in [-0.39, 0.29) is 10.8 Å². The second kappa shape index (κ2) is 24.4. The lowest BCUT2D eigenvalue weighted by Crippen LogP contribution is -2.15. The van der Waals surface area contributed by atoms with E-state index in [1.165, 1.54) is 197 Å². The fourth-order valence-electron chi connectivity index (χ4n) is 20.1. The Morgan fingerprint density at radius 1 is 0.278 bits per heavy atom. The molecule has 0 radical (unpaired) electrons. The van der Waals surface area contributed by atoms with Gasteiger partial charge in [-0.15, -0.1) is 0 Å². The van der Waals surface area contributed by atoms with E-state index in [4.69, 9.17) is 4.98 Å². The van der Waals surface area contributed by atoms with Crippen molar-refractivity contribution >= 4 is 130 Å². The van der Waals surface area contributed by atoms with E-state index < -0.39 is 0 Å². The average Bonchev–Trinajstić information content (AvgIpc) is 1.59. The van der Waals surface area contributed by atoms with Crippen LogP contribution in [0.1, 0.15) is 49.9 Å². The molecule has 0 unspecified atom stereocenters. The van der Waals surface area contributed by atoms with Crippen molar-refractivity contribution in [1.82, 2.24) is 33.3 Å². The predicted octanol–water partition coefficient (Wildman–Crippen LogP) is 27.9. The quantitative estimate of drug-likeness (QED) is 0.156. The lowest BCUT2D eigenvalue weighted by atomic mass is 9.80. The highest BCUT2D eigenvalue weighted by atomic mass is 15.1. The minimum atomic E-state index is -0.0887. The monoisotopic (exact) mass is 1470 g/mol. The van der Waals surface area contributed by atoms with Gasteiger partial charge in [-0.05, 0) is 242 Å². The van der Waals surface area contributed by atoms with Crippen molar-refractivity contribution in [3.05, 3.63) is 381 Å². The molecular weight excluding hydrogens is 1400 g/mol. The van der Waals surface area contributed by atoms with Crippen LogP contribution in [0.15, 0.2) is 359 Å². The lowest BCUT2D eigenvalue weighted by molar-refractivity contribution is 0.661. The van der Waals surface area contributed by atoms with Crippen molar-refractivity contribution in [2.75, 3.05) is 0 Å². The maximum absolute atomic E-state index is 4.79. The van der Waals surface area contributed by atoms with Crippen molar-refractivity contribution in [1.29, 1.82) is 0 Å². The maximum Gasteiger partial charge on any atom is 0.234 e. The molecule has 6 heterocycles. The van der Waals surface area contributed by atoms with E-state index in [9.17, 15) is 0 Å². The molecule has 2 aliphatic carbocycles. The number of nitrogens with zero attached hydrogens (tertiary/aromatic N) is 7. The van der Waals surface area contributed by atoms with Crippen LogP contribution in [0.4, 0.5) is 0 Å². The average molecular weight is 1470 g/mol. The van der Waals surface area contributed by atoms with E-state index in [2.05, 4.69) is 343 Å². The standard InChI is InChI=1S/C38H26N2.C37H25N3.C33H20N2/c1-38(2)31-20-27(23-9-11-24(12-10-23)33-22-40-19-4-3-8-34(40)39-33)16-17-29(31)37-30-18-15-26-7-5-6-25-13-14-28(21-32(37)38)36(30)35(25)26;1-37(2)30-19-26(22-7-9-23(10-8-22)32-21-40-18-4-17-38-36(40)39-32)14-15-28(30)35-29-16-13-25-6-3-5-24-11-12-27(20-31(35)37)34(29)33(24)25;1-2-8-24(9-3-1)35-29-11-5-4-10-27(29)33-28-17-13-21-12-15-25(23-7-6-18-34-20-23)26-16-14-22(19-30(33)35)32(28)31(21)26/h3-22H,1-2H3;3-21H,1-2H3;1-20H. The second-order valence-corrected chi connectivity index (χ2v) is 32.5. The van der Waals surface area contributed by atoms with Crippen molar-refractivity contribution in [3.8, 4) is 83.8 Å². The number of rotatable bonds is 6. The fourth-order valence-corrected chi connectivity index (χ4v) is 20.1. The molecule has 0 saturated carbocycles. The van der Waals surface area contributed by atoms with Crippen LogP contribution in [0.2, 0.25) is 0 Å². The Labute approximate surface area is 662 Å². The maximum atomic E-state index is 4.79. The molecule has 0 N–H and O–H groups in total. The second-order valence-electron chi connectivity index (χ2n) is 32.5. The Hall–Kier alpha value is -14.7. The summed E-state index contributed by atoms with van der Waals surface area (Å²) in [5, 5.41) is 26.6. The van der Waals surface area contributed by atoms with Crippen LogP contribution in [0.3, 0.4) is 0 Å². The van der Waals surface area contributed by atoms with Crippen LogP contribution in [0, 0.1) is 0 Å². The van der Waals surface area contributed by atoms with Gasteiger partial charge in [0.2, 0.25) is 5.78 Å². The van der Waals surface area contributed by atoms with E-state index in [1.54, 1.807) is 6.20 Å². The first-order chi connectivity index (χ1) is 56.5. The van der Waals surface area contributed by atoms with Crippen molar-refractivity contribution in [2.45, 2.75) is 38.5 Å². The first kappa shape index (κ1) is 65.1. The molecule has 18 aromatic carbocycles. The van der Waals surface area contributed by atoms with Crippen molar-refractivity contribution in [3.63, 3.8) is 0 Å². The molecule has 538 valence electrons. The SMILES string of the molecule is CC1(C)c2cc(-c3ccc(-c4cn5ccccc5n4)cc3)ccc2-c2c1cc1ccc3cccc4ccc2c1c34.CC1(C)c2cc(-c3ccc(-c4cn5cccnc5n4)cc3)ccc2-c2c1cc1ccc3cccc4ccc2c1c34.c1ccc(-n2c3ccccc3c3c4ccc5ccc(-c6cccnc6)c6ccc(cc32)c4c56)cc1. The van der Waals surface area contributed by atoms with E-state index >= 15 is 0 Å². The van der Waals surface area contributed by atoms with Crippen LogP contribution < -0.4 is 0 Å². The highest BCUT2D eigenvalue weighted by molar-refractivity contribution is 6.34. The summed E-state index contributed by atoms with van der Waals surface area (Å²) in [7, 11) is 0. The van der Waals surface area contributed by atoms with Gasteiger partial charge in [0.1, 0.15) is 5.65 Å². The van der Waals surface area contributed by atoms with Crippen molar-refractivity contribution < 1.29 is 0 Å². The van der Waals surface area contributed by atoms with Gasteiger partial charge in [0, 0.05) is 87.4 Å². The first-order valence-corrected chi connectivity index (χ1v) is 39.8. The van der Waals surface area contributed by atoms with E-state index in [0.29, 0.717) is 5.78 Å². The Morgan fingerprint density at radius 3 is 1.38 bits per heavy atom. The molecule has 24 aromatic rings. The highest BCUT2D eigenvalue weighted by Gasteiger charge is 2.39. The van der Waals surface area contributed by atoms with Gasteiger partial charge < -0.3 is 8.97 Å².